The Kier molecular flexibility index (Phi) is 5.79. The highest BCUT2D eigenvalue weighted by molar-refractivity contribution is 5.94. The van der Waals surface area contributed by atoms with Gasteiger partial charge in [-0.2, -0.15) is 0 Å². The Morgan fingerprint density at radius 1 is 1.13 bits per heavy atom. The van der Waals surface area contributed by atoms with Crippen LogP contribution in [0.1, 0.15) is 34.8 Å². The van der Waals surface area contributed by atoms with Gasteiger partial charge in [0, 0.05) is 51.1 Å². The topological polar surface area (TPSA) is 88.2 Å². The zero-order valence-corrected chi connectivity index (χ0v) is 17.6. The Morgan fingerprint density at radius 2 is 1.90 bits per heavy atom. The number of anilines is 2. The van der Waals surface area contributed by atoms with E-state index in [1.807, 2.05) is 23.9 Å². The van der Waals surface area contributed by atoms with E-state index in [-0.39, 0.29) is 17.6 Å². The number of pyridine rings is 1. The monoisotopic (exact) mass is 420 g/mol. The van der Waals surface area contributed by atoms with E-state index in [0.29, 0.717) is 30.4 Å². The number of nitrogens with two attached hydrogens (primary N) is 1. The highest BCUT2D eigenvalue weighted by Crippen LogP contribution is 2.34. The molecule has 4 rings (SSSR count). The van der Waals surface area contributed by atoms with Crippen LogP contribution in [0.3, 0.4) is 0 Å². The largest absolute Gasteiger partial charge is 0.384 e. The zero-order chi connectivity index (χ0) is 22.0. The summed E-state index contributed by atoms with van der Waals surface area (Å²) in [6.45, 7) is 1.22. The second-order valence-electron chi connectivity index (χ2n) is 7.93. The van der Waals surface area contributed by atoms with E-state index in [1.165, 1.54) is 18.3 Å². The third kappa shape index (κ3) is 4.47. The van der Waals surface area contributed by atoms with Crippen molar-refractivity contribution in [1.82, 2.24) is 19.9 Å². The molecule has 0 aliphatic carbocycles. The second-order valence-corrected chi connectivity index (χ2v) is 7.93. The Labute approximate surface area is 180 Å². The minimum atomic E-state index is -0.289. The van der Waals surface area contributed by atoms with Crippen molar-refractivity contribution in [3.63, 3.8) is 0 Å². The summed E-state index contributed by atoms with van der Waals surface area (Å²) in [6, 6.07) is 9.67. The molecular formula is C23H25FN6O. The molecule has 160 valence electrons. The summed E-state index contributed by atoms with van der Waals surface area (Å²) in [4.78, 5) is 30.0. The van der Waals surface area contributed by atoms with Crippen molar-refractivity contribution in [3.8, 4) is 11.1 Å². The molecule has 2 N–H and O–H groups in total. The number of nitrogens with zero attached hydrogens (tertiary/aromatic N) is 5. The summed E-state index contributed by atoms with van der Waals surface area (Å²) in [5, 5.41) is 0. The highest BCUT2D eigenvalue weighted by Gasteiger charge is 2.29. The van der Waals surface area contributed by atoms with Crippen LogP contribution in [0.25, 0.3) is 11.1 Å². The van der Waals surface area contributed by atoms with Gasteiger partial charge in [-0.15, -0.1) is 0 Å². The number of amides is 1. The van der Waals surface area contributed by atoms with E-state index in [9.17, 15) is 9.18 Å². The van der Waals surface area contributed by atoms with Gasteiger partial charge in [0.25, 0.3) is 5.91 Å². The van der Waals surface area contributed by atoms with Crippen LogP contribution >= 0.6 is 0 Å². The van der Waals surface area contributed by atoms with Crippen LogP contribution in [-0.2, 0) is 0 Å². The number of hydrogen-bond acceptors (Lipinski definition) is 6. The Bertz CT molecular complexity index is 1070. The number of likely N-dealkylation sites (tertiary alicyclic amines) is 1. The maximum absolute atomic E-state index is 13.5. The van der Waals surface area contributed by atoms with Crippen molar-refractivity contribution >= 4 is 17.7 Å². The van der Waals surface area contributed by atoms with Gasteiger partial charge in [-0.3, -0.25) is 4.79 Å². The maximum atomic E-state index is 13.5. The normalized spacial score (nSPS) is 16.2. The van der Waals surface area contributed by atoms with E-state index < -0.39 is 0 Å². The summed E-state index contributed by atoms with van der Waals surface area (Å²) >= 11 is 0. The van der Waals surface area contributed by atoms with Gasteiger partial charge in [0.05, 0.1) is 11.3 Å². The van der Waals surface area contributed by atoms with Crippen LogP contribution in [-0.4, -0.2) is 52.9 Å². The SMILES string of the molecule is CN(C)c1ncc(-c2ccc(F)cc2)c([C@@H]2CCCN(C(=O)c3ccc(N)nc3)C2)n1. The molecule has 7 nitrogen and oxygen atoms in total. The average Bonchev–Trinajstić information content (AvgIpc) is 2.79. The van der Waals surface area contributed by atoms with Crippen LogP contribution in [0.2, 0.25) is 0 Å². The summed E-state index contributed by atoms with van der Waals surface area (Å²) in [6.07, 6.45) is 5.07. The molecular weight excluding hydrogens is 395 g/mol. The number of carbonyl (C=O) groups excluding carboxylic acids is 1. The molecule has 0 unspecified atom stereocenters. The van der Waals surface area contributed by atoms with Gasteiger partial charge < -0.3 is 15.5 Å². The van der Waals surface area contributed by atoms with Gasteiger partial charge in [0.15, 0.2) is 0 Å². The molecule has 1 saturated heterocycles. The predicted octanol–water partition coefficient (Wildman–Crippen LogP) is 3.35. The van der Waals surface area contributed by atoms with E-state index in [2.05, 4.69) is 9.97 Å². The van der Waals surface area contributed by atoms with Gasteiger partial charge in [-0.25, -0.2) is 19.3 Å². The van der Waals surface area contributed by atoms with E-state index in [4.69, 9.17) is 10.7 Å². The van der Waals surface area contributed by atoms with Crippen LogP contribution < -0.4 is 10.6 Å². The number of hydrogen-bond donors (Lipinski definition) is 1. The van der Waals surface area contributed by atoms with Gasteiger partial charge >= 0.3 is 0 Å². The molecule has 3 heterocycles. The molecule has 0 saturated carbocycles. The fraction of sp³-hybridized carbons (Fsp3) is 0.304. The lowest BCUT2D eigenvalue weighted by atomic mass is 9.89. The lowest BCUT2D eigenvalue weighted by molar-refractivity contribution is 0.0705. The summed E-state index contributed by atoms with van der Waals surface area (Å²) in [7, 11) is 3.78. The van der Waals surface area contributed by atoms with Crippen LogP contribution in [0.15, 0.2) is 48.8 Å². The molecule has 1 aliphatic rings. The maximum Gasteiger partial charge on any atom is 0.255 e. The number of halogens is 1. The van der Waals surface area contributed by atoms with E-state index in [1.54, 1.807) is 30.5 Å². The number of nitrogen functional groups attached to an aromatic ring is 1. The minimum absolute atomic E-state index is 0.0428. The number of carbonyl (C=O) groups is 1. The second kappa shape index (κ2) is 8.67. The quantitative estimate of drug-likeness (QED) is 0.696. The molecule has 0 spiro atoms. The lowest BCUT2D eigenvalue weighted by Crippen LogP contribution is -2.39. The number of piperidine rings is 1. The molecule has 31 heavy (non-hydrogen) atoms. The molecule has 1 amide bonds. The molecule has 2 aromatic heterocycles. The molecule has 8 heteroatoms. The molecule has 0 bridgehead atoms. The third-order valence-corrected chi connectivity index (χ3v) is 5.49. The Morgan fingerprint density at radius 3 is 2.58 bits per heavy atom. The van der Waals surface area contributed by atoms with Gasteiger partial charge in [0.1, 0.15) is 11.6 Å². The van der Waals surface area contributed by atoms with Crippen molar-refractivity contribution in [1.29, 1.82) is 0 Å². The molecule has 1 aliphatic heterocycles. The molecule has 1 aromatic carbocycles. The summed E-state index contributed by atoms with van der Waals surface area (Å²) < 4.78 is 13.5. The Balaban J connectivity index is 1.66. The lowest BCUT2D eigenvalue weighted by Gasteiger charge is -2.33. The predicted molar refractivity (Wildman–Crippen MR) is 118 cm³/mol. The first kappa shape index (κ1) is 20.7. The van der Waals surface area contributed by atoms with E-state index in [0.717, 1.165) is 29.7 Å². The van der Waals surface area contributed by atoms with Gasteiger partial charge in [0.2, 0.25) is 5.95 Å². The standard InChI is InChI=1S/C23H25FN6O/c1-29(2)23-27-13-19(15-5-8-18(24)9-6-15)21(28-23)17-4-3-11-30(14-17)22(31)16-7-10-20(25)26-12-16/h5-10,12-13,17H,3-4,11,14H2,1-2H3,(H2,25,26)/t17-/m1/s1. The van der Waals surface area contributed by atoms with Crippen LogP contribution in [0.4, 0.5) is 16.2 Å². The minimum Gasteiger partial charge on any atom is -0.384 e. The first-order valence-corrected chi connectivity index (χ1v) is 10.2. The van der Waals surface area contributed by atoms with Crippen molar-refractivity contribution in [2.45, 2.75) is 18.8 Å². The molecule has 0 radical (unpaired) electrons. The first-order chi connectivity index (χ1) is 14.9. The van der Waals surface area contributed by atoms with Crippen LogP contribution in [0, 0.1) is 5.82 Å². The average molecular weight is 420 g/mol. The van der Waals surface area contributed by atoms with Crippen molar-refractivity contribution in [3.05, 3.63) is 65.9 Å². The van der Waals surface area contributed by atoms with Crippen molar-refractivity contribution < 1.29 is 9.18 Å². The summed E-state index contributed by atoms with van der Waals surface area (Å²) in [5.41, 5.74) is 8.75. The van der Waals surface area contributed by atoms with Crippen LogP contribution in [0.5, 0.6) is 0 Å². The fourth-order valence-corrected chi connectivity index (χ4v) is 3.86. The third-order valence-electron chi connectivity index (χ3n) is 5.49. The smallest absolute Gasteiger partial charge is 0.255 e. The highest BCUT2D eigenvalue weighted by atomic mass is 19.1. The van der Waals surface area contributed by atoms with Crippen molar-refractivity contribution in [2.75, 3.05) is 37.8 Å². The van der Waals surface area contributed by atoms with Gasteiger partial charge in [-0.1, -0.05) is 12.1 Å². The van der Waals surface area contributed by atoms with Gasteiger partial charge in [-0.05, 0) is 42.7 Å². The van der Waals surface area contributed by atoms with E-state index >= 15 is 0 Å². The molecule has 3 aromatic rings. The number of aromatic nitrogens is 3. The first-order valence-electron chi connectivity index (χ1n) is 10.2. The molecule has 1 fully saturated rings. The zero-order valence-electron chi connectivity index (χ0n) is 17.6. The van der Waals surface area contributed by atoms with Crippen molar-refractivity contribution in [2.24, 2.45) is 0 Å². The summed E-state index contributed by atoms with van der Waals surface area (Å²) in [5.74, 6) is 0.674. The number of rotatable bonds is 4. The molecule has 1 atom stereocenters. The number of benzene rings is 1. The fourth-order valence-electron chi connectivity index (χ4n) is 3.86. The Hall–Kier alpha value is -3.55.